The summed E-state index contributed by atoms with van der Waals surface area (Å²) in [5.41, 5.74) is 3.22. The fourth-order valence-electron chi connectivity index (χ4n) is 3.76. The second-order valence-electron chi connectivity index (χ2n) is 7.98. The van der Waals surface area contributed by atoms with E-state index in [1.807, 2.05) is 29.0 Å². The maximum absolute atomic E-state index is 12.2. The van der Waals surface area contributed by atoms with Crippen molar-refractivity contribution in [2.75, 3.05) is 11.9 Å². The van der Waals surface area contributed by atoms with Gasteiger partial charge in [0, 0.05) is 11.9 Å². The molecule has 0 fully saturated rings. The number of nitrogens with zero attached hydrogens (tertiary/aromatic N) is 4. The highest BCUT2D eigenvalue weighted by molar-refractivity contribution is 6.32. The lowest BCUT2D eigenvalue weighted by molar-refractivity contribution is 0.0492. The second kappa shape index (κ2) is 10.8. The fourth-order valence-corrected chi connectivity index (χ4v) is 3.98. The molecular weight excluding hydrogens is 490 g/mol. The van der Waals surface area contributed by atoms with Gasteiger partial charge in [0.1, 0.15) is 29.9 Å². The van der Waals surface area contributed by atoms with E-state index in [2.05, 4.69) is 21.4 Å². The molecule has 37 heavy (non-hydrogen) atoms. The van der Waals surface area contributed by atoms with Gasteiger partial charge in [0.2, 0.25) is 0 Å². The Hall–Kier alpha value is -4.87. The van der Waals surface area contributed by atoms with Crippen LogP contribution in [0.4, 0.5) is 11.5 Å². The van der Waals surface area contributed by atoms with Crippen LogP contribution in [0.2, 0.25) is 5.02 Å². The van der Waals surface area contributed by atoms with Gasteiger partial charge in [-0.1, -0.05) is 35.9 Å². The summed E-state index contributed by atoms with van der Waals surface area (Å²) in [5, 5.41) is 12.8. The van der Waals surface area contributed by atoms with E-state index in [4.69, 9.17) is 26.3 Å². The van der Waals surface area contributed by atoms with Crippen LogP contribution in [-0.4, -0.2) is 27.1 Å². The molecule has 0 spiro atoms. The highest BCUT2D eigenvalue weighted by Gasteiger charge is 2.13. The number of ether oxygens (including phenoxy) is 2. The molecule has 0 aliphatic carbocycles. The SMILES string of the molecule is N#Cc1cccc(Oc2ccc(Nc3ncnc4ccn(CCOC(=O)c5ccccc5)c34)cc2Cl)c1. The van der Waals surface area contributed by atoms with Crippen molar-refractivity contribution < 1.29 is 14.3 Å². The molecule has 3 aromatic carbocycles. The molecule has 2 heterocycles. The Balaban J connectivity index is 1.30. The zero-order valence-corrected chi connectivity index (χ0v) is 20.2. The average molecular weight is 510 g/mol. The lowest BCUT2D eigenvalue weighted by atomic mass is 10.2. The van der Waals surface area contributed by atoms with Gasteiger partial charge < -0.3 is 19.4 Å². The van der Waals surface area contributed by atoms with E-state index < -0.39 is 0 Å². The summed E-state index contributed by atoms with van der Waals surface area (Å²) in [6.07, 6.45) is 3.35. The molecule has 0 bridgehead atoms. The Labute approximate surface area is 217 Å². The average Bonchev–Trinajstić information content (AvgIpc) is 3.35. The molecule has 0 unspecified atom stereocenters. The molecule has 0 aliphatic heterocycles. The normalized spacial score (nSPS) is 10.6. The molecule has 5 aromatic rings. The predicted octanol–water partition coefficient (Wildman–Crippen LogP) is 6.35. The minimum Gasteiger partial charge on any atom is -0.460 e. The minimum absolute atomic E-state index is 0.191. The van der Waals surface area contributed by atoms with Gasteiger partial charge in [-0.2, -0.15) is 5.26 Å². The van der Waals surface area contributed by atoms with Crippen molar-refractivity contribution in [3.63, 3.8) is 0 Å². The first-order valence-corrected chi connectivity index (χ1v) is 11.7. The van der Waals surface area contributed by atoms with Gasteiger partial charge in [0.25, 0.3) is 0 Å². The van der Waals surface area contributed by atoms with Crippen LogP contribution in [0.25, 0.3) is 11.0 Å². The van der Waals surface area contributed by atoms with Crippen molar-refractivity contribution in [3.05, 3.63) is 108 Å². The van der Waals surface area contributed by atoms with E-state index in [1.165, 1.54) is 6.33 Å². The number of esters is 1. The number of nitriles is 1. The number of carbonyl (C=O) groups is 1. The van der Waals surface area contributed by atoms with Crippen LogP contribution in [0.15, 0.2) is 91.4 Å². The number of nitrogens with one attached hydrogen (secondary N) is 1. The maximum Gasteiger partial charge on any atom is 0.338 e. The lowest BCUT2D eigenvalue weighted by Gasteiger charge is -2.13. The highest BCUT2D eigenvalue weighted by atomic mass is 35.5. The van der Waals surface area contributed by atoms with Gasteiger partial charge in [-0.15, -0.1) is 0 Å². The Morgan fingerprint density at radius 1 is 1.03 bits per heavy atom. The minimum atomic E-state index is -0.372. The largest absolute Gasteiger partial charge is 0.460 e. The number of benzene rings is 3. The number of carbonyl (C=O) groups excluding carboxylic acids is 1. The van der Waals surface area contributed by atoms with Gasteiger partial charge in [0.15, 0.2) is 5.82 Å². The monoisotopic (exact) mass is 509 g/mol. The van der Waals surface area contributed by atoms with Gasteiger partial charge in [-0.25, -0.2) is 14.8 Å². The molecule has 0 amide bonds. The number of anilines is 2. The van der Waals surface area contributed by atoms with Crippen LogP contribution in [0, 0.1) is 11.3 Å². The second-order valence-corrected chi connectivity index (χ2v) is 8.39. The molecule has 0 saturated heterocycles. The summed E-state index contributed by atoms with van der Waals surface area (Å²) >= 11 is 6.48. The van der Waals surface area contributed by atoms with Gasteiger partial charge in [-0.3, -0.25) is 0 Å². The quantitative estimate of drug-likeness (QED) is 0.243. The van der Waals surface area contributed by atoms with Crippen molar-refractivity contribution in [2.24, 2.45) is 0 Å². The summed E-state index contributed by atoms with van der Waals surface area (Å²) in [6, 6.07) is 25.0. The molecule has 2 aromatic heterocycles. The summed E-state index contributed by atoms with van der Waals surface area (Å²) in [5.74, 6) is 1.18. The molecule has 182 valence electrons. The topological polar surface area (TPSA) is 102 Å². The van der Waals surface area contributed by atoms with Gasteiger partial charge >= 0.3 is 5.97 Å². The third kappa shape index (κ3) is 5.53. The van der Waals surface area contributed by atoms with Crippen LogP contribution < -0.4 is 10.1 Å². The van der Waals surface area contributed by atoms with Crippen LogP contribution in [0.1, 0.15) is 15.9 Å². The zero-order valence-electron chi connectivity index (χ0n) is 19.5. The van der Waals surface area contributed by atoms with E-state index in [9.17, 15) is 4.79 Å². The summed E-state index contributed by atoms with van der Waals surface area (Å²) < 4.78 is 13.2. The summed E-state index contributed by atoms with van der Waals surface area (Å²) in [6.45, 7) is 0.621. The smallest absolute Gasteiger partial charge is 0.338 e. The van der Waals surface area contributed by atoms with E-state index in [1.54, 1.807) is 60.7 Å². The highest BCUT2D eigenvalue weighted by Crippen LogP contribution is 2.33. The van der Waals surface area contributed by atoms with E-state index in [0.717, 1.165) is 11.0 Å². The number of aromatic nitrogens is 3. The molecule has 0 atom stereocenters. The Bertz CT molecular complexity index is 1610. The van der Waals surface area contributed by atoms with Crippen molar-refractivity contribution in [1.82, 2.24) is 14.5 Å². The summed E-state index contributed by atoms with van der Waals surface area (Å²) in [4.78, 5) is 21.0. The van der Waals surface area contributed by atoms with Gasteiger partial charge in [0.05, 0.1) is 34.3 Å². The molecular formula is C28H20ClN5O3. The third-order valence-corrected chi connectivity index (χ3v) is 5.81. The molecule has 0 radical (unpaired) electrons. The number of rotatable bonds is 8. The predicted molar refractivity (Wildman–Crippen MR) is 140 cm³/mol. The van der Waals surface area contributed by atoms with E-state index in [0.29, 0.717) is 45.7 Å². The standard InChI is InChI=1S/C28H20ClN5O3/c29-23-16-21(9-10-25(23)37-22-8-4-5-19(15-22)17-30)33-27-26-24(31-18-32-27)11-12-34(26)13-14-36-28(35)20-6-2-1-3-7-20/h1-12,15-16,18H,13-14H2,(H,31,32,33). The Kier molecular flexibility index (Phi) is 6.97. The molecule has 1 N–H and O–H groups in total. The summed E-state index contributed by atoms with van der Waals surface area (Å²) in [7, 11) is 0. The molecule has 0 saturated carbocycles. The lowest BCUT2D eigenvalue weighted by Crippen LogP contribution is -2.11. The third-order valence-electron chi connectivity index (χ3n) is 5.51. The van der Waals surface area contributed by atoms with Gasteiger partial charge in [-0.05, 0) is 54.6 Å². The number of hydrogen-bond acceptors (Lipinski definition) is 7. The van der Waals surface area contributed by atoms with Crippen LogP contribution in [0.5, 0.6) is 11.5 Å². The van der Waals surface area contributed by atoms with Crippen molar-refractivity contribution in [3.8, 4) is 17.6 Å². The van der Waals surface area contributed by atoms with Crippen LogP contribution in [-0.2, 0) is 11.3 Å². The first-order valence-electron chi connectivity index (χ1n) is 11.4. The van der Waals surface area contributed by atoms with E-state index >= 15 is 0 Å². The molecule has 0 aliphatic rings. The van der Waals surface area contributed by atoms with E-state index in [-0.39, 0.29) is 12.6 Å². The first-order chi connectivity index (χ1) is 18.1. The molecule has 5 rings (SSSR count). The number of halogens is 1. The zero-order chi connectivity index (χ0) is 25.6. The van der Waals surface area contributed by atoms with Crippen molar-refractivity contribution in [1.29, 1.82) is 5.26 Å². The Morgan fingerprint density at radius 3 is 2.70 bits per heavy atom. The molecule has 8 nitrogen and oxygen atoms in total. The van der Waals surface area contributed by atoms with Crippen LogP contribution in [0.3, 0.4) is 0 Å². The van der Waals surface area contributed by atoms with Crippen molar-refractivity contribution in [2.45, 2.75) is 6.54 Å². The van der Waals surface area contributed by atoms with Crippen LogP contribution >= 0.6 is 11.6 Å². The first kappa shape index (κ1) is 23.9. The number of hydrogen-bond donors (Lipinski definition) is 1. The molecule has 9 heteroatoms. The number of fused-ring (bicyclic) bond motifs is 1. The van der Waals surface area contributed by atoms with Crippen molar-refractivity contribution >= 4 is 40.1 Å². The Morgan fingerprint density at radius 2 is 1.89 bits per heavy atom. The maximum atomic E-state index is 12.2. The fraction of sp³-hybridized carbons (Fsp3) is 0.0714.